The van der Waals surface area contributed by atoms with Gasteiger partial charge in [0.2, 0.25) is 11.8 Å². The SMILES string of the molecule is CC(C)CN1C[C@H](C(=O)N2CCN(c3ccccc3Cl)CC2)CC1=O. The minimum atomic E-state index is -0.182. The zero-order chi connectivity index (χ0) is 18.0. The van der Waals surface area contributed by atoms with E-state index in [0.717, 1.165) is 30.3 Å². The third-order valence-electron chi connectivity index (χ3n) is 4.93. The first-order valence-corrected chi connectivity index (χ1v) is 9.39. The monoisotopic (exact) mass is 363 g/mol. The van der Waals surface area contributed by atoms with Gasteiger partial charge < -0.3 is 14.7 Å². The molecule has 2 aliphatic heterocycles. The first kappa shape index (κ1) is 18.1. The van der Waals surface area contributed by atoms with Crippen molar-refractivity contribution in [1.29, 1.82) is 0 Å². The number of benzene rings is 1. The molecule has 1 aromatic carbocycles. The highest BCUT2D eigenvalue weighted by Crippen LogP contribution is 2.27. The molecule has 0 radical (unpaired) electrons. The molecule has 2 aliphatic rings. The topological polar surface area (TPSA) is 43.9 Å². The van der Waals surface area contributed by atoms with Crippen LogP contribution in [0.3, 0.4) is 0 Å². The number of para-hydroxylation sites is 1. The smallest absolute Gasteiger partial charge is 0.228 e. The van der Waals surface area contributed by atoms with Crippen LogP contribution in [0.15, 0.2) is 24.3 Å². The molecule has 5 nitrogen and oxygen atoms in total. The standard InChI is InChI=1S/C19H26ClN3O2/c1-14(2)12-23-13-15(11-18(23)24)19(25)22-9-7-21(8-10-22)17-6-4-3-5-16(17)20/h3-6,14-15H,7-13H2,1-2H3/t15-/m1/s1. The van der Waals surface area contributed by atoms with E-state index in [1.807, 2.05) is 34.1 Å². The number of nitrogens with zero attached hydrogens (tertiary/aromatic N) is 3. The van der Waals surface area contributed by atoms with Crippen molar-refractivity contribution in [2.45, 2.75) is 20.3 Å². The molecular weight excluding hydrogens is 338 g/mol. The van der Waals surface area contributed by atoms with Crippen molar-refractivity contribution in [2.75, 3.05) is 44.2 Å². The number of hydrogen-bond acceptors (Lipinski definition) is 3. The van der Waals surface area contributed by atoms with Crippen LogP contribution in [0.2, 0.25) is 5.02 Å². The van der Waals surface area contributed by atoms with Crippen LogP contribution >= 0.6 is 11.6 Å². The lowest BCUT2D eigenvalue weighted by atomic mass is 10.1. The highest BCUT2D eigenvalue weighted by atomic mass is 35.5. The lowest BCUT2D eigenvalue weighted by molar-refractivity contribution is -0.136. The summed E-state index contributed by atoms with van der Waals surface area (Å²) in [4.78, 5) is 30.9. The molecule has 2 amide bonds. The summed E-state index contributed by atoms with van der Waals surface area (Å²) >= 11 is 6.27. The number of halogens is 1. The van der Waals surface area contributed by atoms with Gasteiger partial charge in [0, 0.05) is 45.7 Å². The van der Waals surface area contributed by atoms with Gasteiger partial charge in [0.15, 0.2) is 0 Å². The molecule has 3 rings (SSSR count). The molecule has 2 saturated heterocycles. The Morgan fingerprint density at radius 3 is 2.52 bits per heavy atom. The van der Waals surface area contributed by atoms with Gasteiger partial charge in [0.1, 0.15) is 0 Å². The summed E-state index contributed by atoms with van der Waals surface area (Å²) in [6, 6.07) is 7.80. The summed E-state index contributed by atoms with van der Waals surface area (Å²) < 4.78 is 0. The highest BCUT2D eigenvalue weighted by Gasteiger charge is 2.37. The Hall–Kier alpha value is -1.75. The van der Waals surface area contributed by atoms with E-state index in [0.29, 0.717) is 32.0 Å². The van der Waals surface area contributed by atoms with E-state index in [-0.39, 0.29) is 17.7 Å². The maximum atomic E-state index is 12.8. The second kappa shape index (κ2) is 7.65. The van der Waals surface area contributed by atoms with Crippen molar-refractivity contribution in [3.05, 3.63) is 29.3 Å². The fourth-order valence-corrected chi connectivity index (χ4v) is 3.94. The van der Waals surface area contributed by atoms with Gasteiger partial charge in [0.05, 0.1) is 16.6 Å². The third kappa shape index (κ3) is 4.09. The normalized spacial score (nSPS) is 21.4. The predicted octanol–water partition coefficient (Wildman–Crippen LogP) is 2.49. The summed E-state index contributed by atoms with van der Waals surface area (Å²) in [5.74, 6) is 0.482. The number of anilines is 1. The molecule has 0 unspecified atom stereocenters. The zero-order valence-corrected chi connectivity index (χ0v) is 15.7. The lowest BCUT2D eigenvalue weighted by Gasteiger charge is -2.37. The van der Waals surface area contributed by atoms with Crippen LogP contribution in [-0.4, -0.2) is 60.9 Å². The van der Waals surface area contributed by atoms with Gasteiger partial charge >= 0.3 is 0 Å². The zero-order valence-electron chi connectivity index (χ0n) is 14.9. The molecule has 2 fully saturated rings. The van der Waals surface area contributed by atoms with Crippen LogP contribution < -0.4 is 4.90 Å². The molecule has 0 aliphatic carbocycles. The minimum Gasteiger partial charge on any atom is -0.367 e. The second-order valence-electron chi connectivity index (χ2n) is 7.36. The fourth-order valence-electron chi connectivity index (χ4n) is 3.69. The van der Waals surface area contributed by atoms with E-state index in [9.17, 15) is 9.59 Å². The maximum Gasteiger partial charge on any atom is 0.228 e. The van der Waals surface area contributed by atoms with Gasteiger partial charge in [-0.1, -0.05) is 37.6 Å². The number of carbonyl (C=O) groups excluding carboxylic acids is 2. The molecule has 0 bridgehead atoms. The summed E-state index contributed by atoms with van der Waals surface area (Å²) in [5, 5.41) is 0.744. The fraction of sp³-hybridized carbons (Fsp3) is 0.579. The number of carbonyl (C=O) groups is 2. The van der Waals surface area contributed by atoms with Crippen LogP contribution in [0.1, 0.15) is 20.3 Å². The number of amides is 2. The van der Waals surface area contributed by atoms with E-state index in [1.165, 1.54) is 0 Å². The van der Waals surface area contributed by atoms with Crippen molar-refractivity contribution >= 4 is 29.1 Å². The number of likely N-dealkylation sites (tertiary alicyclic amines) is 1. The largest absolute Gasteiger partial charge is 0.367 e. The number of piperazine rings is 1. The summed E-state index contributed by atoms with van der Waals surface area (Å²) in [5.41, 5.74) is 1.02. The molecule has 1 aromatic rings. The summed E-state index contributed by atoms with van der Waals surface area (Å²) in [6.07, 6.45) is 0.357. The molecule has 25 heavy (non-hydrogen) atoms. The van der Waals surface area contributed by atoms with Gasteiger partial charge in [-0.15, -0.1) is 0 Å². The Labute approximate surface area is 154 Å². The Morgan fingerprint density at radius 1 is 1.20 bits per heavy atom. The van der Waals surface area contributed by atoms with Gasteiger partial charge in [-0.2, -0.15) is 0 Å². The van der Waals surface area contributed by atoms with Crippen LogP contribution in [0, 0.1) is 11.8 Å². The molecule has 0 N–H and O–H groups in total. The Balaban J connectivity index is 1.55. The number of hydrogen-bond donors (Lipinski definition) is 0. The van der Waals surface area contributed by atoms with Gasteiger partial charge in [-0.25, -0.2) is 0 Å². The first-order chi connectivity index (χ1) is 12.0. The van der Waals surface area contributed by atoms with E-state index in [2.05, 4.69) is 18.7 Å². The van der Waals surface area contributed by atoms with Crippen molar-refractivity contribution in [1.82, 2.24) is 9.80 Å². The average molecular weight is 364 g/mol. The van der Waals surface area contributed by atoms with E-state index < -0.39 is 0 Å². The average Bonchev–Trinajstić information content (AvgIpc) is 2.95. The molecular formula is C19H26ClN3O2. The van der Waals surface area contributed by atoms with Gasteiger partial charge in [-0.05, 0) is 18.1 Å². The van der Waals surface area contributed by atoms with Gasteiger partial charge in [-0.3, -0.25) is 9.59 Å². The van der Waals surface area contributed by atoms with Crippen molar-refractivity contribution in [3.63, 3.8) is 0 Å². The van der Waals surface area contributed by atoms with Gasteiger partial charge in [0.25, 0.3) is 0 Å². The van der Waals surface area contributed by atoms with Crippen LogP contribution in [0.5, 0.6) is 0 Å². The second-order valence-corrected chi connectivity index (χ2v) is 7.76. The first-order valence-electron chi connectivity index (χ1n) is 9.01. The van der Waals surface area contributed by atoms with E-state index in [4.69, 9.17) is 11.6 Å². The lowest BCUT2D eigenvalue weighted by Crippen LogP contribution is -2.50. The summed E-state index contributed by atoms with van der Waals surface area (Å²) in [7, 11) is 0. The van der Waals surface area contributed by atoms with E-state index >= 15 is 0 Å². The molecule has 6 heteroatoms. The molecule has 1 atom stereocenters. The Bertz CT molecular complexity index is 641. The number of rotatable bonds is 4. The van der Waals surface area contributed by atoms with Crippen molar-refractivity contribution in [3.8, 4) is 0 Å². The molecule has 0 saturated carbocycles. The molecule has 2 heterocycles. The quantitative estimate of drug-likeness (QED) is 0.825. The van der Waals surface area contributed by atoms with Crippen LogP contribution in [0.25, 0.3) is 0 Å². The third-order valence-corrected chi connectivity index (χ3v) is 5.25. The summed E-state index contributed by atoms with van der Waals surface area (Å²) in [6.45, 7) is 8.39. The van der Waals surface area contributed by atoms with Crippen molar-refractivity contribution < 1.29 is 9.59 Å². The minimum absolute atomic E-state index is 0.113. The molecule has 0 aromatic heterocycles. The Morgan fingerprint density at radius 2 is 1.88 bits per heavy atom. The maximum absolute atomic E-state index is 12.8. The highest BCUT2D eigenvalue weighted by molar-refractivity contribution is 6.33. The van der Waals surface area contributed by atoms with Crippen LogP contribution in [0.4, 0.5) is 5.69 Å². The van der Waals surface area contributed by atoms with E-state index in [1.54, 1.807) is 0 Å². The van der Waals surface area contributed by atoms with Crippen LogP contribution in [-0.2, 0) is 9.59 Å². The molecule has 136 valence electrons. The van der Waals surface area contributed by atoms with Crippen molar-refractivity contribution in [2.24, 2.45) is 11.8 Å². The Kier molecular flexibility index (Phi) is 5.52. The molecule has 0 spiro atoms. The predicted molar refractivity (Wildman–Crippen MR) is 99.8 cm³/mol.